The van der Waals surface area contributed by atoms with E-state index < -0.39 is 0 Å². The lowest BCUT2D eigenvalue weighted by molar-refractivity contribution is 0.240. The van der Waals surface area contributed by atoms with E-state index in [4.69, 9.17) is 5.11 Å². The Labute approximate surface area is 113 Å². The van der Waals surface area contributed by atoms with E-state index in [-0.39, 0.29) is 12.6 Å². The molecule has 0 aliphatic heterocycles. The molecule has 100 valence electrons. The SMILES string of the molecule is O=C(Nc1cccc(C#CCCO)c1)NC1CCC1. The lowest BCUT2D eigenvalue weighted by Crippen LogP contribution is -2.41. The van der Waals surface area contributed by atoms with Crippen molar-refractivity contribution in [1.82, 2.24) is 5.32 Å². The number of anilines is 1. The standard InChI is InChI=1S/C15H18N2O2/c18-10-2-1-5-12-6-3-9-14(11-12)17-15(19)16-13-7-4-8-13/h3,6,9,11,13,18H,2,4,7-8,10H2,(H2,16,17,19). The van der Waals surface area contributed by atoms with Crippen molar-refractivity contribution in [3.63, 3.8) is 0 Å². The molecule has 4 nitrogen and oxygen atoms in total. The molecule has 1 fully saturated rings. The molecular formula is C15H18N2O2. The van der Waals surface area contributed by atoms with Gasteiger partial charge in [0.25, 0.3) is 0 Å². The largest absolute Gasteiger partial charge is 0.395 e. The second-order valence-electron chi connectivity index (χ2n) is 4.58. The maximum Gasteiger partial charge on any atom is 0.319 e. The summed E-state index contributed by atoms with van der Waals surface area (Å²) in [6, 6.07) is 7.54. The smallest absolute Gasteiger partial charge is 0.319 e. The molecule has 0 atom stereocenters. The molecule has 1 aromatic rings. The van der Waals surface area contributed by atoms with Crippen LogP contribution in [0.5, 0.6) is 0 Å². The molecule has 1 aliphatic rings. The van der Waals surface area contributed by atoms with Crippen molar-refractivity contribution in [2.75, 3.05) is 11.9 Å². The van der Waals surface area contributed by atoms with Gasteiger partial charge in [0, 0.05) is 23.7 Å². The van der Waals surface area contributed by atoms with Crippen LogP contribution in [0, 0.1) is 11.8 Å². The summed E-state index contributed by atoms with van der Waals surface area (Å²) in [5.74, 6) is 5.79. The highest BCUT2D eigenvalue weighted by Crippen LogP contribution is 2.18. The van der Waals surface area contributed by atoms with Crippen LogP contribution in [0.15, 0.2) is 24.3 Å². The third kappa shape index (κ3) is 4.31. The molecule has 1 aromatic carbocycles. The fourth-order valence-corrected chi connectivity index (χ4v) is 1.80. The minimum absolute atomic E-state index is 0.0642. The monoisotopic (exact) mass is 258 g/mol. The van der Waals surface area contributed by atoms with Crippen molar-refractivity contribution < 1.29 is 9.90 Å². The van der Waals surface area contributed by atoms with Crippen molar-refractivity contribution >= 4 is 11.7 Å². The van der Waals surface area contributed by atoms with Gasteiger partial charge < -0.3 is 15.7 Å². The number of rotatable bonds is 3. The quantitative estimate of drug-likeness (QED) is 0.727. The van der Waals surface area contributed by atoms with Crippen molar-refractivity contribution in [3.8, 4) is 11.8 Å². The predicted octanol–water partition coefficient (Wildman–Crippen LogP) is 2.09. The van der Waals surface area contributed by atoms with Gasteiger partial charge in [0.1, 0.15) is 0 Å². The number of carbonyl (C=O) groups excluding carboxylic acids is 1. The van der Waals surface area contributed by atoms with Gasteiger partial charge in [0.15, 0.2) is 0 Å². The minimum atomic E-state index is -0.162. The topological polar surface area (TPSA) is 61.4 Å². The summed E-state index contributed by atoms with van der Waals surface area (Å²) in [5, 5.41) is 14.4. The van der Waals surface area contributed by atoms with E-state index in [1.165, 1.54) is 6.42 Å². The molecule has 0 aromatic heterocycles. The Morgan fingerprint density at radius 3 is 2.95 bits per heavy atom. The molecule has 3 N–H and O–H groups in total. The average molecular weight is 258 g/mol. The Morgan fingerprint density at radius 2 is 2.26 bits per heavy atom. The number of aliphatic hydroxyl groups is 1. The Bertz CT molecular complexity index is 498. The van der Waals surface area contributed by atoms with Crippen LogP contribution in [0.25, 0.3) is 0 Å². The van der Waals surface area contributed by atoms with E-state index in [2.05, 4.69) is 22.5 Å². The first-order chi connectivity index (χ1) is 9.28. The number of urea groups is 1. The zero-order valence-corrected chi connectivity index (χ0v) is 10.8. The average Bonchev–Trinajstić information content (AvgIpc) is 2.35. The van der Waals surface area contributed by atoms with Crippen LogP contribution in [0.4, 0.5) is 10.5 Å². The molecule has 0 bridgehead atoms. The number of benzene rings is 1. The molecule has 2 amide bonds. The molecule has 0 unspecified atom stereocenters. The Hall–Kier alpha value is -1.99. The summed E-state index contributed by atoms with van der Waals surface area (Å²) >= 11 is 0. The van der Waals surface area contributed by atoms with Gasteiger partial charge in [0.2, 0.25) is 0 Å². The molecular weight excluding hydrogens is 240 g/mol. The van der Waals surface area contributed by atoms with Gasteiger partial charge >= 0.3 is 6.03 Å². The van der Waals surface area contributed by atoms with Gasteiger partial charge in [-0.25, -0.2) is 4.79 Å². The van der Waals surface area contributed by atoms with Crippen molar-refractivity contribution in [2.24, 2.45) is 0 Å². The Kier molecular flexibility index (Phi) is 4.82. The van der Waals surface area contributed by atoms with Crippen molar-refractivity contribution in [1.29, 1.82) is 0 Å². The maximum atomic E-state index is 11.7. The summed E-state index contributed by atoms with van der Waals surface area (Å²) in [5.41, 5.74) is 1.56. The molecule has 1 saturated carbocycles. The summed E-state index contributed by atoms with van der Waals surface area (Å²) in [4.78, 5) is 11.7. The zero-order chi connectivity index (χ0) is 13.5. The number of carbonyl (C=O) groups is 1. The van der Waals surface area contributed by atoms with Gasteiger partial charge in [0.05, 0.1) is 6.61 Å². The molecule has 0 spiro atoms. The summed E-state index contributed by atoms with van der Waals surface area (Å²) in [7, 11) is 0. The minimum Gasteiger partial charge on any atom is -0.395 e. The molecule has 0 saturated heterocycles. The van der Waals surface area contributed by atoms with E-state index in [0.29, 0.717) is 12.5 Å². The highest BCUT2D eigenvalue weighted by molar-refractivity contribution is 5.89. The predicted molar refractivity (Wildman–Crippen MR) is 74.8 cm³/mol. The van der Waals surface area contributed by atoms with Crippen molar-refractivity contribution in [2.45, 2.75) is 31.7 Å². The molecule has 19 heavy (non-hydrogen) atoms. The second-order valence-corrected chi connectivity index (χ2v) is 4.58. The maximum absolute atomic E-state index is 11.7. The Balaban J connectivity index is 1.91. The number of hydrogen-bond acceptors (Lipinski definition) is 2. The molecule has 4 heteroatoms. The molecule has 1 aliphatic carbocycles. The van der Waals surface area contributed by atoms with Gasteiger partial charge in [-0.3, -0.25) is 0 Å². The number of nitrogens with one attached hydrogen (secondary N) is 2. The van der Waals surface area contributed by atoms with E-state index >= 15 is 0 Å². The van der Waals surface area contributed by atoms with Crippen LogP contribution in [0.3, 0.4) is 0 Å². The van der Waals surface area contributed by atoms with Crippen LogP contribution in [-0.4, -0.2) is 23.8 Å². The number of amides is 2. The third-order valence-corrected chi connectivity index (χ3v) is 3.03. The Morgan fingerprint density at radius 1 is 1.42 bits per heavy atom. The molecule has 0 heterocycles. The van der Waals surface area contributed by atoms with Gasteiger partial charge in [-0.2, -0.15) is 0 Å². The van der Waals surface area contributed by atoms with Crippen LogP contribution in [0.2, 0.25) is 0 Å². The van der Waals surface area contributed by atoms with Crippen LogP contribution in [-0.2, 0) is 0 Å². The lowest BCUT2D eigenvalue weighted by atomic mass is 9.93. The summed E-state index contributed by atoms with van der Waals surface area (Å²) in [6.07, 6.45) is 3.79. The van der Waals surface area contributed by atoms with Crippen molar-refractivity contribution in [3.05, 3.63) is 29.8 Å². The van der Waals surface area contributed by atoms with E-state index in [1.807, 2.05) is 24.3 Å². The summed E-state index contributed by atoms with van der Waals surface area (Å²) in [6.45, 7) is 0.0642. The third-order valence-electron chi connectivity index (χ3n) is 3.03. The van der Waals surface area contributed by atoms with E-state index in [1.54, 1.807) is 0 Å². The zero-order valence-electron chi connectivity index (χ0n) is 10.8. The first-order valence-electron chi connectivity index (χ1n) is 6.55. The van der Waals surface area contributed by atoms with Gasteiger partial charge in [-0.1, -0.05) is 17.9 Å². The fourth-order valence-electron chi connectivity index (χ4n) is 1.80. The second kappa shape index (κ2) is 6.81. The number of hydrogen-bond donors (Lipinski definition) is 3. The van der Waals surface area contributed by atoms with E-state index in [9.17, 15) is 4.79 Å². The van der Waals surface area contributed by atoms with Crippen LogP contribution >= 0.6 is 0 Å². The first kappa shape index (κ1) is 13.4. The lowest BCUT2D eigenvalue weighted by Gasteiger charge is -2.26. The molecule has 0 radical (unpaired) electrons. The van der Waals surface area contributed by atoms with Crippen LogP contribution in [0.1, 0.15) is 31.2 Å². The highest BCUT2D eigenvalue weighted by Gasteiger charge is 2.19. The normalized spacial score (nSPS) is 13.9. The summed E-state index contributed by atoms with van der Waals surface area (Å²) < 4.78 is 0. The van der Waals surface area contributed by atoms with Gasteiger partial charge in [-0.15, -0.1) is 0 Å². The van der Waals surface area contributed by atoms with Crippen LogP contribution < -0.4 is 10.6 Å². The first-order valence-corrected chi connectivity index (χ1v) is 6.55. The van der Waals surface area contributed by atoms with E-state index in [0.717, 1.165) is 24.1 Å². The highest BCUT2D eigenvalue weighted by atomic mass is 16.2. The molecule has 2 rings (SSSR count). The fraction of sp³-hybridized carbons (Fsp3) is 0.400. The van der Waals surface area contributed by atoms with Gasteiger partial charge in [-0.05, 0) is 37.5 Å². The number of aliphatic hydroxyl groups excluding tert-OH is 1.